The monoisotopic (exact) mass is 383 g/mol. The minimum absolute atomic E-state index is 0.127. The Morgan fingerprint density at radius 1 is 1.22 bits per heavy atom. The molecule has 0 radical (unpaired) electrons. The molecule has 0 fully saturated rings. The minimum atomic E-state index is -0.743. The molecule has 0 saturated carbocycles. The van der Waals surface area contributed by atoms with Crippen LogP contribution in [0, 0.1) is 0 Å². The summed E-state index contributed by atoms with van der Waals surface area (Å²) in [7, 11) is 1.55. The van der Waals surface area contributed by atoms with Crippen molar-refractivity contribution in [2.75, 3.05) is 24.2 Å². The van der Waals surface area contributed by atoms with Crippen molar-refractivity contribution in [2.45, 2.75) is 11.3 Å². The fourth-order valence-electron chi connectivity index (χ4n) is 2.89. The van der Waals surface area contributed by atoms with Crippen molar-refractivity contribution in [3.63, 3.8) is 0 Å². The van der Waals surface area contributed by atoms with E-state index in [1.807, 2.05) is 47.0 Å². The molecule has 3 heterocycles. The summed E-state index contributed by atoms with van der Waals surface area (Å²) < 4.78 is 7.57. The van der Waals surface area contributed by atoms with E-state index in [0.717, 1.165) is 5.65 Å². The first-order chi connectivity index (χ1) is 13.2. The molecule has 138 valence electrons. The highest BCUT2D eigenvalue weighted by atomic mass is 32.2. The number of anilines is 1. The molecule has 0 saturated heterocycles. The molecule has 1 aromatic carbocycles. The number of likely N-dealkylation sites (N-methyl/N-ethyl adjacent to an activating group) is 1. The number of carbonyl (C=O) groups excluding carboxylic acids is 2. The van der Waals surface area contributed by atoms with Crippen LogP contribution in [0.4, 0.5) is 5.69 Å². The first kappa shape index (κ1) is 17.3. The second kappa shape index (κ2) is 7.28. The normalized spacial score (nSPS) is 15.9. The largest absolute Gasteiger partial charge is 0.477 e. The number of fused-ring (bicyclic) bond motifs is 2. The van der Waals surface area contributed by atoms with Crippen LogP contribution in [0.1, 0.15) is 0 Å². The van der Waals surface area contributed by atoms with Gasteiger partial charge in [-0.3, -0.25) is 14.0 Å². The summed E-state index contributed by atoms with van der Waals surface area (Å²) in [4.78, 5) is 26.5. The van der Waals surface area contributed by atoms with E-state index in [0.29, 0.717) is 16.6 Å². The average molecular weight is 383 g/mol. The predicted octanol–water partition coefficient (Wildman–Crippen LogP) is 1.36. The van der Waals surface area contributed by atoms with Crippen molar-refractivity contribution in [3.8, 4) is 5.75 Å². The van der Waals surface area contributed by atoms with Crippen LogP contribution in [0.15, 0.2) is 53.8 Å². The maximum atomic E-state index is 12.9. The van der Waals surface area contributed by atoms with Gasteiger partial charge in [-0.15, -0.1) is 10.2 Å². The number of hydrogen-bond donors (Lipinski definition) is 1. The molecule has 3 aromatic rings. The van der Waals surface area contributed by atoms with Crippen LogP contribution in [0.3, 0.4) is 0 Å². The summed E-state index contributed by atoms with van der Waals surface area (Å²) >= 11 is 1.31. The van der Waals surface area contributed by atoms with E-state index in [-0.39, 0.29) is 24.1 Å². The third kappa shape index (κ3) is 3.33. The van der Waals surface area contributed by atoms with Crippen LogP contribution in [0.5, 0.6) is 5.75 Å². The summed E-state index contributed by atoms with van der Waals surface area (Å²) in [5.74, 6) is 0.296. The number of para-hydroxylation sites is 2. The number of benzene rings is 1. The van der Waals surface area contributed by atoms with Crippen LogP contribution in [0.2, 0.25) is 0 Å². The zero-order valence-corrected chi connectivity index (χ0v) is 15.3. The molecule has 2 amide bonds. The van der Waals surface area contributed by atoms with Crippen LogP contribution in [-0.4, -0.2) is 51.9 Å². The van der Waals surface area contributed by atoms with Gasteiger partial charge in [-0.1, -0.05) is 30.0 Å². The minimum Gasteiger partial charge on any atom is -0.477 e. The molecule has 27 heavy (non-hydrogen) atoms. The summed E-state index contributed by atoms with van der Waals surface area (Å²) in [6.45, 7) is 0.163. The Balaban J connectivity index is 1.54. The molecule has 1 N–H and O–H groups in total. The zero-order valence-electron chi connectivity index (χ0n) is 14.5. The maximum Gasteiger partial charge on any atom is 0.262 e. The number of rotatable bonds is 4. The van der Waals surface area contributed by atoms with E-state index < -0.39 is 6.10 Å². The van der Waals surface area contributed by atoms with Gasteiger partial charge in [-0.25, -0.2) is 0 Å². The molecular weight excluding hydrogens is 366 g/mol. The van der Waals surface area contributed by atoms with E-state index in [4.69, 9.17) is 4.74 Å². The lowest BCUT2D eigenvalue weighted by molar-refractivity contribution is -0.127. The third-order valence-corrected chi connectivity index (χ3v) is 5.15. The van der Waals surface area contributed by atoms with E-state index >= 15 is 0 Å². The molecule has 0 aliphatic carbocycles. The number of hydrogen-bond acceptors (Lipinski definition) is 6. The number of nitrogens with one attached hydrogen (secondary N) is 1. The molecule has 1 aliphatic rings. The van der Waals surface area contributed by atoms with Crippen molar-refractivity contribution >= 4 is 34.9 Å². The van der Waals surface area contributed by atoms with E-state index in [9.17, 15) is 9.59 Å². The molecule has 0 spiro atoms. The highest BCUT2D eigenvalue weighted by Gasteiger charge is 2.33. The van der Waals surface area contributed by atoms with Crippen molar-refractivity contribution in [3.05, 3.63) is 48.7 Å². The van der Waals surface area contributed by atoms with Crippen LogP contribution in [0.25, 0.3) is 5.65 Å². The Morgan fingerprint density at radius 3 is 2.89 bits per heavy atom. The maximum absolute atomic E-state index is 12.9. The van der Waals surface area contributed by atoms with Crippen molar-refractivity contribution < 1.29 is 14.3 Å². The Bertz CT molecular complexity index is 1010. The highest BCUT2D eigenvalue weighted by Crippen LogP contribution is 2.33. The number of nitrogens with zero attached hydrogens (tertiary/aromatic N) is 4. The third-order valence-electron chi connectivity index (χ3n) is 4.22. The van der Waals surface area contributed by atoms with Gasteiger partial charge in [-0.05, 0) is 24.3 Å². The fraction of sp³-hybridized carbons (Fsp3) is 0.222. The standard InChI is InChI=1S/C18H17N5O3S/c1-19-17(25)14-10-23(12-6-2-3-7-13(12)26-14)16(24)11-27-18-21-20-15-8-4-5-9-22(15)18/h2-9,14H,10-11H2,1H3,(H,19,25). The SMILES string of the molecule is CNC(=O)C1CN(C(=O)CSc2nnc3ccccn23)c2ccccc2O1. The van der Waals surface area contributed by atoms with E-state index in [1.54, 1.807) is 18.0 Å². The topological polar surface area (TPSA) is 88.8 Å². The van der Waals surface area contributed by atoms with Crippen molar-refractivity contribution in [1.82, 2.24) is 19.9 Å². The van der Waals surface area contributed by atoms with Gasteiger partial charge in [0.1, 0.15) is 5.75 Å². The molecule has 9 heteroatoms. The van der Waals surface area contributed by atoms with Crippen LogP contribution < -0.4 is 15.0 Å². The number of ether oxygens (including phenoxy) is 1. The van der Waals surface area contributed by atoms with Gasteiger partial charge in [0.25, 0.3) is 5.91 Å². The van der Waals surface area contributed by atoms with Gasteiger partial charge in [-0.2, -0.15) is 0 Å². The fourth-order valence-corrected chi connectivity index (χ4v) is 3.69. The highest BCUT2D eigenvalue weighted by molar-refractivity contribution is 7.99. The number of carbonyl (C=O) groups is 2. The van der Waals surface area contributed by atoms with Crippen molar-refractivity contribution in [2.24, 2.45) is 0 Å². The Morgan fingerprint density at radius 2 is 2.04 bits per heavy atom. The summed E-state index contributed by atoms with van der Waals surface area (Å²) in [5, 5.41) is 11.4. The van der Waals surface area contributed by atoms with Crippen LogP contribution in [-0.2, 0) is 9.59 Å². The molecule has 1 atom stereocenters. The molecule has 8 nitrogen and oxygen atoms in total. The zero-order chi connectivity index (χ0) is 18.8. The number of amides is 2. The second-order valence-electron chi connectivity index (χ2n) is 5.89. The van der Waals surface area contributed by atoms with Gasteiger partial charge in [0.15, 0.2) is 16.9 Å². The van der Waals surface area contributed by atoms with Gasteiger partial charge in [0.05, 0.1) is 18.0 Å². The molecule has 1 aliphatic heterocycles. The number of thioether (sulfide) groups is 1. The summed E-state index contributed by atoms with van der Waals surface area (Å²) in [5.41, 5.74) is 1.39. The summed E-state index contributed by atoms with van der Waals surface area (Å²) in [6, 6.07) is 12.8. The Labute approximate surface area is 159 Å². The first-order valence-corrected chi connectivity index (χ1v) is 9.36. The first-order valence-electron chi connectivity index (χ1n) is 8.37. The quantitative estimate of drug-likeness (QED) is 0.685. The van der Waals surface area contributed by atoms with Gasteiger partial charge in [0, 0.05) is 13.2 Å². The van der Waals surface area contributed by atoms with Gasteiger partial charge >= 0.3 is 0 Å². The lowest BCUT2D eigenvalue weighted by Gasteiger charge is -2.33. The molecule has 1 unspecified atom stereocenters. The molecular formula is C18H17N5O3S. The van der Waals surface area contributed by atoms with E-state index in [2.05, 4.69) is 15.5 Å². The van der Waals surface area contributed by atoms with Crippen LogP contribution >= 0.6 is 11.8 Å². The Kier molecular flexibility index (Phi) is 4.68. The average Bonchev–Trinajstić information content (AvgIpc) is 3.13. The molecule has 4 rings (SSSR count). The van der Waals surface area contributed by atoms with Crippen molar-refractivity contribution in [1.29, 1.82) is 0 Å². The number of pyridine rings is 1. The Hall–Kier alpha value is -3.07. The second-order valence-corrected chi connectivity index (χ2v) is 6.84. The smallest absolute Gasteiger partial charge is 0.262 e. The molecule has 0 bridgehead atoms. The van der Waals surface area contributed by atoms with Gasteiger partial charge in [0.2, 0.25) is 5.91 Å². The number of aromatic nitrogens is 3. The van der Waals surface area contributed by atoms with E-state index in [1.165, 1.54) is 11.8 Å². The molecule has 2 aromatic heterocycles. The lowest BCUT2D eigenvalue weighted by Crippen LogP contribution is -2.50. The van der Waals surface area contributed by atoms with Gasteiger partial charge < -0.3 is 15.0 Å². The summed E-state index contributed by atoms with van der Waals surface area (Å²) in [6.07, 6.45) is 1.11. The predicted molar refractivity (Wildman–Crippen MR) is 101 cm³/mol. The lowest BCUT2D eigenvalue weighted by atomic mass is 10.2.